The number of allylic oxidation sites excluding steroid dienone is 1. The van der Waals surface area contributed by atoms with E-state index in [0.29, 0.717) is 5.69 Å². The van der Waals surface area contributed by atoms with Crippen molar-refractivity contribution in [2.75, 3.05) is 0 Å². The third kappa shape index (κ3) is 4.06. The molecule has 1 aliphatic carbocycles. The molecular weight excluding hydrogens is 619 g/mol. The average Bonchev–Trinajstić information content (AvgIpc) is 4.05. The Balaban J connectivity index is 1.39. The van der Waals surface area contributed by atoms with Crippen molar-refractivity contribution in [3.05, 3.63) is 192 Å². The van der Waals surface area contributed by atoms with Crippen molar-refractivity contribution in [2.45, 2.75) is 12.3 Å². The smallest absolute Gasteiger partial charge is 0.0652 e. The van der Waals surface area contributed by atoms with Crippen LogP contribution in [0.1, 0.15) is 57.9 Å². The van der Waals surface area contributed by atoms with E-state index in [0.717, 1.165) is 4.57 Å². The van der Waals surface area contributed by atoms with Crippen molar-refractivity contribution >= 4 is 60.6 Å². The molecule has 1 aliphatic rings. The molecule has 2 unspecified atom stereocenters. The Hall–Kier alpha value is -6.58. The number of aromatic nitrogens is 3. The van der Waals surface area contributed by atoms with Crippen LogP contribution in [0.2, 0.25) is 0 Å². The van der Waals surface area contributed by atoms with E-state index >= 15 is 0 Å². The molecule has 3 heterocycles. The Morgan fingerprint density at radius 2 is 1.06 bits per heavy atom. The number of rotatable bonds is 4. The maximum absolute atomic E-state index is 10.0. The Kier molecular flexibility index (Phi) is 3.16. The molecule has 3 heteroatoms. The summed E-state index contributed by atoms with van der Waals surface area (Å²) in [5.74, 6) is -1.81. The second-order valence-corrected chi connectivity index (χ2v) is 12.0. The van der Waals surface area contributed by atoms with Gasteiger partial charge in [0, 0.05) is 51.3 Å². The fraction of sp³-hybridized carbons (Fsp3) is 0.0417. The zero-order valence-corrected chi connectivity index (χ0v) is 26.3. The van der Waals surface area contributed by atoms with Gasteiger partial charge in [0.2, 0.25) is 0 Å². The number of benzene rings is 7. The molecule has 3 nitrogen and oxygen atoms in total. The van der Waals surface area contributed by atoms with Gasteiger partial charge in [0.1, 0.15) is 0 Å². The molecule has 0 fully saturated rings. The van der Waals surface area contributed by atoms with Crippen molar-refractivity contribution in [1.29, 1.82) is 0 Å². The number of hydrogen-bond acceptors (Lipinski definition) is 0. The van der Waals surface area contributed by atoms with Crippen LogP contribution in [0.25, 0.3) is 77.6 Å². The molecule has 7 aromatic carbocycles. The van der Waals surface area contributed by atoms with Gasteiger partial charge < -0.3 is 13.7 Å². The maximum atomic E-state index is 10.0. The van der Waals surface area contributed by atoms with Crippen LogP contribution in [0, 0.1) is 0 Å². The maximum Gasteiger partial charge on any atom is 0.0652 e. The summed E-state index contributed by atoms with van der Waals surface area (Å²) >= 11 is 0. The van der Waals surface area contributed by atoms with Gasteiger partial charge in [-0.1, -0.05) is 109 Å². The third-order valence-corrected chi connectivity index (χ3v) is 9.35. The zero-order chi connectivity index (χ0) is 51.7. The SMILES string of the molecule is [2H]C1=C([2H])C([2H])C(c2c([2H])c([2H])c([2H])c3c2c2c([2H])c([2H])c([2H])c([2H])c2n3-c2ccccc2)c2c1n(-c1c([2H])c([2H])c3c(c1[2H])c1c([2H])c([2H])c([2H])c([2H])c1n3-c1ccccc1)c1c([2H])c([2H])c([2H])c([2H])c21. The second kappa shape index (κ2) is 11.0. The van der Waals surface area contributed by atoms with Gasteiger partial charge in [-0.15, -0.1) is 0 Å². The van der Waals surface area contributed by atoms with Crippen molar-refractivity contribution in [3.63, 3.8) is 0 Å². The highest BCUT2D eigenvalue weighted by atomic mass is 15.0. The van der Waals surface area contributed by atoms with Crippen molar-refractivity contribution in [3.8, 4) is 17.1 Å². The molecule has 0 radical (unpaired) electrons. The van der Waals surface area contributed by atoms with E-state index in [4.69, 9.17) is 11.0 Å². The van der Waals surface area contributed by atoms with E-state index in [1.165, 1.54) is 9.13 Å². The second-order valence-electron chi connectivity index (χ2n) is 12.0. The van der Waals surface area contributed by atoms with Crippen molar-refractivity contribution < 1.29 is 28.8 Å². The molecule has 0 N–H and O–H groups in total. The van der Waals surface area contributed by atoms with Crippen LogP contribution in [0.15, 0.2) is 175 Å². The van der Waals surface area contributed by atoms with Gasteiger partial charge in [0.05, 0.1) is 60.7 Å². The summed E-state index contributed by atoms with van der Waals surface area (Å²) in [6, 6.07) is 2.61. The summed E-state index contributed by atoms with van der Waals surface area (Å²) in [6.07, 6.45) is -1.95. The van der Waals surface area contributed by atoms with E-state index in [1.807, 2.05) is 0 Å². The molecule has 51 heavy (non-hydrogen) atoms. The van der Waals surface area contributed by atoms with E-state index in [2.05, 4.69) is 0 Å². The fourth-order valence-corrected chi connectivity index (χ4v) is 7.29. The molecule has 0 amide bonds. The fourth-order valence-electron chi connectivity index (χ4n) is 7.29. The first-order valence-electron chi connectivity index (χ1n) is 26.6. The normalized spacial score (nSPS) is 21.9. The van der Waals surface area contributed by atoms with Crippen LogP contribution in [-0.4, -0.2) is 13.7 Å². The van der Waals surface area contributed by atoms with Crippen molar-refractivity contribution in [1.82, 2.24) is 13.7 Å². The molecule has 11 rings (SSSR count). The first-order valence-corrected chi connectivity index (χ1v) is 16.0. The van der Waals surface area contributed by atoms with Crippen LogP contribution in [0.5, 0.6) is 0 Å². The van der Waals surface area contributed by atoms with Gasteiger partial charge >= 0.3 is 0 Å². The Labute approximate surface area is 325 Å². The van der Waals surface area contributed by atoms with Crippen LogP contribution >= 0.6 is 0 Å². The molecule has 0 saturated heterocycles. The predicted octanol–water partition coefficient (Wildman–Crippen LogP) is 12.4. The van der Waals surface area contributed by atoms with Crippen LogP contribution in [0.3, 0.4) is 0 Å². The van der Waals surface area contributed by atoms with E-state index in [-0.39, 0.29) is 60.4 Å². The van der Waals surface area contributed by atoms with Gasteiger partial charge in [-0.25, -0.2) is 0 Å². The lowest BCUT2D eigenvalue weighted by atomic mass is 9.82. The summed E-state index contributed by atoms with van der Waals surface area (Å²) in [4.78, 5) is 0. The third-order valence-electron chi connectivity index (χ3n) is 9.35. The molecule has 0 spiro atoms. The van der Waals surface area contributed by atoms with Crippen LogP contribution in [-0.2, 0) is 0 Å². The minimum Gasteiger partial charge on any atom is -0.310 e. The highest BCUT2D eigenvalue weighted by molar-refractivity contribution is 6.12. The summed E-state index contributed by atoms with van der Waals surface area (Å²) in [6.45, 7) is 0. The largest absolute Gasteiger partial charge is 0.310 e. The highest BCUT2D eigenvalue weighted by Gasteiger charge is 2.29. The predicted molar refractivity (Wildman–Crippen MR) is 214 cm³/mol. The summed E-state index contributed by atoms with van der Waals surface area (Å²) in [7, 11) is 0. The Morgan fingerprint density at radius 3 is 1.78 bits per heavy atom. The summed E-state index contributed by atoms with van der Waals surface area (Å²) < 4.78 is 198. The molecule has 0 bridgehead atoms. The quantitative estimate of drug-likeness (QED) is 0.177. The lowest BCUT2D eigenvalue weighted by molar-refractivity contribution is 0.826. The molecule has 0 saturated carbocycles. The lowest BCUT2D eigenvalue weighted by Gasteiger charge is -2.22. The van der Waals surface area contributed by atoms with Gasteiger partial charge in [0.15, 0.2) is 0 Å². The molecule has 3 aromatic heterocycles. The van der Waals surface area contributed by atoms with E-state index in [9.17, 15) is 17.8 Å². The van der Waals surface area contributed by atoms with Crippen LogP contribution < -0.4 is 0 Å². The number of nitrogens with zero attached hydrogens (tertiary/aromatic N) is 3. The monoisotopic (exact) mass is 672 g/mol. The molecule has 2 atom stereocenters. The lowest BCUT2D eigenvalue weighted by Crippen LogP contribution is -2.07. The van der Waals surface area contributed by atoms with Gasteiger partial charge in [0.25, 0.3) is 0 Å². The Morgan fingerprint density at radius 1 is 0.490 bits per heavy atom. The van der Waals surface area contributed by atoms with Gasteiger partial charge in [-0.3, -0.25) is 0 Å². The van der Waals surface area contributed by atoms with Gasteiger partial charge in [-0.05, 0) is 90.1 Å². The number of hydrogen-bond donors (Lipinski definition) is 0. The first kappa shape index (κ1) is 14.7. The van der Waals surface area contributed by atoms with Gasteiger partial charge in [-0.2, -0.15) is 0 Å². The summed E-state index contributed by atoms with van der Waals surface area (Å²) in [5, 5.41) is -1.32. The van der Waals surface area contributed by atoms with Crippen LogP contribution in [0.4, 0.5) is 0 Å². The number of fused-ring (bicyclic) bond motifs is 9. The van der Waals surface area contributed by atoms with E-state index in [1.54, 1.807) is 60.7 Å². The number of para-hydroxylation sites is 5. The first-order chi connectivity index (χ1) is 34.1. The minimum absolute atomic E-state index is 0.141. The minimum atomic E-state index is -1.95. The molecule has 0 aliphatic heterocycles. The molecule has 240 valence electrons. The molecular formula is C48H33N3. The summed E-state index contributed by atoms with van der Waals surface area (Å²) in [5.41, 5.74) is -2.30. The highest BCUT2D eigenvalue weighted by Crippen LogP contribution is 2.47. The van der Waals surface area contributed by atoms with Crippen molar-refractivity contribution in [2.24, 2.45) is 0 Å². The molecule has 10 aromatic rings. The standard InChI is InChI=1S/C48H33N3/c1-3-15-32(16-4-1)49-41-24-10-7-19-35(41)40-31-34(29-30-44(40)49)51-43-26-12-9-21-39(43)48-37(23-14-28-46(48)51)36-22-13-27-45-47(36)38-20-8-11-25-42(38)50(45)33-17-5-2-6-18-33/h1-22,24-31,37H,23H2/i7D,8D,9D,10D,11D,12D,13D,14D,19D,20D,21D,22D,23D,24D,25D,26D,27D,28D,29D,30D,31D. The van der Waals surface area contributed by atoms with E-state index < -0.39 is 155 Å². The topological polar surface area (TPSA) is 14.8 Å². The zero-order valence-electron chi connectivity index (χ0n) is 47.3. The Bertz CT molecular complexity index is 4170. The average molecular weight is 673 g/mol.